The van der Waals surface area contributed by atoms with Crippen LogP contribution in [-0.4, -0.2) is 36.7 Å². The molecule has 1 aliphatic heterocycles. The zero-order chi connectivity index (χ0) is 15.5. The van der Waals surface area contributed by atoms with Crippen LogP contribution < -0.4 is 9.64 Å². The Bertz CT molecular complexity index is 659. The highest BCUT2D eigenvalue weighted by atomic mass is 16.5. The lowest BCUT2D eigenvalue weighted by molar-refractivity contribution is -0.120. The minimum atomic E-state index is 0.453. The van der Waals surface area contributed by atoms with Crippen molar-refractivity contribution in [3.63, 3.8) is 0 Å². The van der Waals surface area contributed by atoms with Crippen LogP contribution in [0.15, 0.2) is 24.4 Å². The van der Waals surface area contributed by atoms with Gasteiger partial charge in [-0.1, -0.05) is 0 Å². The van der Waals surface area contributed by atoms with Crippen LogP contribution in [0, 0.1) is 6.92 Å². The molecule has 1 aliphatic rings. The molecule has 3 rings (SSSR count). The van der Waals surface area contributed by atoms with Gasteiger partial charge < -0.3 is 18.8 Å². The van der Waals surface area contributed by atoms with E-state index in [2.05, 4.69) is 22.4 Å². The fraction of sp³-hybridized carbons (Fsp3) is 0.471. The van der Waals surface area contributed by atoms with Crippen LogP contribution in [0.4, 0.5) is 5.82 Å². The number of ether oxygens (including phenoxy) is 2. The monoisotopic (exact) mass is 302 g/mol. The quantitative estimate of drug-likeness (QED) is 0.797. The lowest BCUT2D eigenvalue weighted by atomic mass is 10.1. The Balaban J connectivity index is 2.11. The third-order valence-electron chi connectivity index (χ3n) is 4.41. The highest BCUT2D eigenvalue weighted by Gasteiger charge is 2.25. The molecule has 5 heteroatoms. The van der Waals surface area contributed by atoms with Crippen LogP contribution in [0.1, 0.15) is 25.3 Å². The molecule has 0 amide bonds. The SMILES string of the molecule is CCN(c1c(C)c(OC=O)cc2cccn12)C1CCOCC1. The number of hydrogen-bond acceptors (Lipinski definition) is 4. The van der Waals surface area contributed by atoms with Crippen molar-refractivity contribution in [2.24, 2.45) is 0 Å². The Morgan fingerprint density at radius 1 is 1.45 bits per heavy atom. The summed E-state index contributed by atoms with van der Waals surface area (Å²) < 4.78 is 12.9. The Labute approximate surface area is 130 Å². The molecule has 0 radical (unpaired) electrons. The van der Waals surface area contributed by atoms with Gasteiger partial charge in [-0.3, -0.25) is 4.79 Å². The molecule has 118 valence electrons. The molecule has 0 aromatic carbocycles. The summed E-state index contributed by atoms with van der Waals surface area (Å²) in [4.78, 5) is 13.2. The fourth-order valence-electron chi connectivity index (χ4n) is 3.34. The maximum atomic E-state index is 10.8. The average Bonchev–Trinajstić information content (AvgIpc) is 3.00. The number of carbonyl (C=O) groups is 1. The molecular formula is C17H22N2O3. The van der Waals surface area contributed by atoms with Gasteiger partial charge >= 0.3 is 0 Å². The molecule has 0 unspecified atom stereocenters. The number of anilines is 1. The van der Waals surface area contributed by atoms with E-state index in [-0.39, 0.29) is 0 Å². The van der Waals surface area contributed by atoms with Crippen molar-refractivity contribution in [1.29, 1.82) is 0 Å². The molecule has 0 aliphatic carbocycles. The van der Waals surface area contributed by atoms with Gasteiger partial charge in [-0.25, -0.2) is 0 Å². The summed E-state index contributed by atoms with van der Waals surface area (Å²) in [7, 11) is 0. The van der Waals surface area contributed by atoms with Gasteiger partial charge in [0.15, 0.2) is 0 Å². The summed E-state index contributed by atoms with van der Waals surface area (Å²) in [6.07, 6.45) is 4.11. The fourth-order valence-corrected chi connectivity index (χ4v) is 3.34. The first kappa shape index (κ1) is 14.9. The molecule has 1 fully saturated rings. The van der Waals surface area contributed by atoms with E-state index in [4.69, 9.17) is 9.47 Å². The molecule has 2 aromatic rings. The Hall–Kier alpha value is -2.01. The van der Waals surface area contributed by atoms with Crippen LogP contribution in [-0.2, 0) is 9.53 Å². The van der Waals surface area contributed by atoms with Gasteiger partial charge in [-0.15, -0.1) is 0 Å². The zero-order valence-electron chi connectivity index (χ0n) is 13.1. The van der Waals surface area contributed by atoms with Crippen LogP contribution in [0.5, 0.6) is 5.75 Å². The largest absolute Gasteiger partial charge is 0.428 e. The number of rotatable bonds is 5. The third kappa shape index (κ3) is 2.57. The third-order valence-corrected chi connectivity index (χ3v) is 4.41. The van der Waals surface area contributed by atoms with Crippen LogP contribution >= 0.6 is 0 Å². The lowest BCUT2D eigenvalue weighted by Crippen LogP contribution is -2.40. The van der Waals surface area contributed by atoms with E-state index in [1.165, 1.54) is 0 Å². The second kappa shape index (κ2) is 6.40. The van der Waals surface area contributed by atoms with Gasteiger partial charge in [0.2, 0.25) is 0 Å². The predicted octanol–water partition coefficient (Wildman–Crippen LogP) is 2.79. The van der Waals surface area contributed by atoms with Gasteiger partial charge in [0.25, 0.3) is 6.47 Å². The maximum absolute atomic E-state index is 10.8. The van der Waals surface area contributed by atoms with Crippen molar-refractivity contribution < 1.29 is 14.3 Å². The summed E-state index contributed by atoms with van der Waals surface area (Å²) in [5, 5.41) is 0. The zero-order valence-corrected chi connectivity index (χ0v) is 13.1. The molecular weight excluding hydrogens is 280 g/mol. The van der Waals surface area contributed by atoms with E-state index < -0.39 is 0 Å². The van der Waals surface area contributed by atoms with Crippen LogP contribution in [0.3, 0.4) is 0 Å². The molecule has 0 spiro atoms. The topological polar surface area (TPSA) is 43.2 Å². The summed E-state index contributed by atoms with van der Waals surface area (Å²) in [5.41, 5.74) is 2.02. The summed E-state index contributed by atoms with van der Waals surface area (Å²) in [5.74, 6) is 1.73. The summed E-state index contributed by atoms with van der Waals surface area (Å²) >= 11 is 0. The highest BCUT2D eigenvalue weighted by Crippen LogP contribution is 2.33. The predicted molar refractivity (Wildman–Crippen MR) is 85.7 cm³/mol. The van der Waals surface area contributed by atoms with Crippen LogP contribution in [0.2, 0.25) is 0 Å². The molecule has 3 heterocycles. The Morgan fingerprint density at radius 2 is 2.23 bits per heavy atom. The Kier molecular flexibility index (Phi) is 4.34. The molecule has 0 bridgehead atoms. The molecule has 0 saturated carbocycles. The molecule has 22 heavy (non-hydrogen) atoms. The van der Waals surface area contributed by atoms with Crippen molar-refractivity contribution in [2.45, 2.75) is 32.7 Å². The first-order valence-corrected chi connectivity index (χ1v) is 7.81. The number of hydrogen-bond donors (Lipinski definition) is 0. The van der Waals surface area contributed by atoms with Gasteiger partial charge in [-0.2, -0.15) is 0 Å². The first-order chi connectivity index (χ1) is 10.8. The van der Waals surface area contributed by atoms with Gasteiger partial charge in [0, 0.05) is 43.6 Å². The van der Waals surface area contributed by atoms with Gasteiger partial charge in [0.1, 0.15) is 11.6 Å². The van der Waals surface area contributed by atoms with Crippen molar-refractivity contribution in [3.8, 4) is 5.75 Å². The van der Waals surface area contributed by atoms with E-state index in [1.807, 2.05) is 25.1 Å². The van der Waals surface area contributed by atoms with E-state index in [1.54, 1.807) is 0 Å². The minimum Gasteiger partial charge on any atom is -0.428 e. The van der Waals surface area contributed by atoms with Crippen molar-refractivity contribution in [1.82, 2.24) is 4.40 Å². The smallest absolute Gasteiger partial charge is 0.298 e. The van der Waals surface area contributed by atoms with Gasteiger partial charge in [-0.05, 0) is 38.8 Å². The number of fused-ring (bicyclic) bond motifs is 1. The molecule has 0 N–H and O–H groups in total. The van der Waals surface area contributed by atoms with Crippen molar-refractivity contribution in [3.05, 3.63) is 30.0 Å². The highest BCUT2D eigenvalue weighted by molar-refractivity contribution is 5.67. The molecule has 1 saturated heterocycles. The number of aromatic nitrogens is 1. The standard InChI is InChI=1S/C17H22N2O3/c1-3-18(14-6-9-21-10-7-14)17-13(2)16(22-12-20)11-15-5-4-8-19(15)17/h4-5,8,11-12,14H,3,6-7,9-10H2,1-2H3. The average molecular weight is 302 g/mol. The molecule has 2 aromatic heterocycles. The lowest BCUT2D eigenvalue weighted by Gasteiger charge is -2.36. The number of nitrogens with zero attached hydrogens (tertiary/aromatic N) is 2. The van der Waals surface area contributed by atoms with Crippen molar-refractivity contribution in [2.75, 3.05) is 24.7 Å². The molecule has 5 nitrogen and oxygen atoms in total. The second-order valence-electron chi connectivity index (χ2n) is 5.60. The minimum absolute atomic E-state index is 0.453. The van der Waals surface area contributed by atoms with Crippen molar-refractivity contribution >= 4 is 17.8 Å². The summed E-state index contributed by atoms with van der Waals surface area (Å²) in [6, 6.07) is 6.40. The van der Waals surface area contributed by atoms with E-state index in [0.717, 1.165) is 49.5 Å². The Morgan fingerprint density at radius 3 is 2.91 bits per heavy atom. The number of pyridine rings is 1. The van der Waals surface area contributed by atoms with E-state index in [0.29, 0.717) is 18.3 Å². The van der Waals surface area contributed by atoms with E-state index >= 15 is 0 Å². The maximum Gasteiger partial charge on any atom is 0.298 e. The summed E-state index contributed by atoms with van der Waals surface area (Å²) in [6.45, 7) is 7.19. The van der Waals surface area contributed by atoms with E-state index in [9.17, 15) is 4.79 Å². The number of carbonyl (C=O) groups excluding carboxylic acids is 1. The molecule has 0 atom stereocenters. The van der Waals surface area contributed by atoms with Crippen LogP contribution in [0.25, 0.3) is 5.52 Å². The normalized spacial score (nSPS) is 15.9. The second-order valence-corrected chi connectivity index (χ2v) is 5.60. The van der Waals surface area contributed by atoms with Gasteiger partial charge in [0.05, 0.1) is 5.52 Å². The first-order valence-electron chi connectivity index (χ1n) is 7.81.